The molecule has 2 rings (SSSR count). The summed E-state index contributed by atoms with van der Waals surface area (Å²) in [5, 5.41) is 2.66. The van der Waals surface area contributed by atoms with Crippen LogP contribution in [-0.2, 0) is 0 Å². The lowest BCUT2D eigenvalue weighted by molar-refractivity contribution is 0.102. The highest BCUT2D eigenvalue weighted by molar-refractivity contribution is 14.1. The number of rotatable bonds is 2. The van der Waals surface area contributed by atoms with Crippen LogP contribution >= 0.6 is 22.6 Å². The van der Waals surface area contributed by atoms with Gasteiger partial charge in [0.05, 0.1) is 11.3 Å². The number of nitrogens with one attached hydrogen (secondary N) is 1. The summed E-state index contributed by atoms with van der Waals surface area (Å²) in [6, 6.07) is 11.3. The summed E-state index contributed by atoms with van der Waals surface area (Å²) < 4.78 is 14.4. The molecule has 0 fully saturated rings. The van der Waals surface area contributed by atoms with Crippen molar-refractivity contribution in [3.63, 3.8) is 0 Å². The number of benzene rings is 2. The fraction of sp³-hybridized carbons (Fsp3) is 0. The van der Waals surface area contributed by atoms with E-state index in [0.717, 1.165) is 9.64 Å². The zero-order chi connectivity index (χ0) is 13.1. The number of hydrogen-bond donors (Lipinski definition) is 2. The molecular formula is C13H10FIN2O. The molecular weight excluding hydrogens is 346 g/mol. The normalized spacial score (nSPS) is 10.1. The van der Waals surface area contributed by atoms with Crippen molar-refractivity contribution in [1.82, 2.24) is 0 Å². The third-order valence-corrected chi connectivity index (χ3v) is 3.30. The summed E-state index contributed by atoms with van der Waals surface area (Å²) in [5.41, 5.74) is 6.35. The Morgan fingerprint density at radius 2 is 1.94 bits per heavy atom. The average Bonchev–Trinajstić information content (AvgIpc) is 2.32. The van der Waals surface area contributed by atoms with Crippen LogP contribution in [0.1, 0.15) is 10.4 Å². The van der Waals surface area contributed by atoms with Crippen LogP contribution in [0.4, 0.5) is 15.8 Å². The van der Waals surface area contributed by atoms with Crippen LogP contribution < -0.4 is 11.1 Å². The number of para-hydroxylation sites is 1. The highest BCUT2D eigenvalue weighted by atomic mass is 127. The standard InChI is InChI=1S/C13H10FIN2O/c14-10-7-8(16)5-6-9(10)13(18)17-12-4-2-1-3-11(12)15/h1-7H,16H2,(H,17,18). The molecule has 0 unspecified atom stereocenters. The Kier molecular flexibility index (Phi) is 3.81. The first-order valence-corrected chi connectivity index (χ1v) is 6.26. The van der Waals surface area contributed by atoms with Crippen molar-refractivity contribution >= 4 is 39.9 Å². The van der Waals surface area contributed by atoms with Gasteiger partial charge in [0.25, 0.3) is 5.91 Å². The minimum Gasteiger partial charge on any atom is -0.399 e. The van der Waals surface area contributed by atoms with Crippen molar-refractivity contribution in [3.8, 4) is 0 Å². The molecule has 0 aliphatic heterocycles. The van der Waals surface area contributed by atoms with E-state index in [4.69, 9.17) is 5.73 Å². The summed E-state index contributed by atoms with van der Waals surface area (Å²) in [5.74, 6) is -1.12. The number of anilines is 2. The van der Waals surface area contributed by atoms with E-state index < -0.39 is 11.7 Å². The second kappa shape index (κ2) is 5.34. The van der Waals surface area contributed by atoms with Crippen molar-refractivity contribution in [3.05, 3.63) is 57.4 Å². The molecule has 0 heterocycles. The van der Waals surface area contributed by atoms with Gasteiger partial charge < -0.3 is 11.1 Å². The van der Waals surface area contributed by atoms with Gasteiger partial charge in [0.2, 0.25) is 0 Å². The first-order valence-electron chi connectivity index (χ1n) is 5.19. The largest absolute Gasteiger partial charge is 0.399 e. The van der Waals surface area contributed by atoms with E-state index in [0.29, 0.717) is 11.4 Å². The van der Waals surface area contributed by atoms with Crippen molar-refractivity contribution in [2.75, 3.05) is 11.1 Å². The van der Waals surface area contributed by atoms with Gasteiger partial charge in [-0.3, -0.25) is 4.79 Å². The molecule has 0 aliphatic carbocycles. The van der Waals surface area contributed by atoms with Crippen LogP contribution in [-0.4, -0.2) is 5.91 Å². The van der Waals surface area contributed by atoms with E-state index in [1.807, 2.05) is 12.1 Å². The number of nitrogens with two attached hydrogens (primary N) is 1. The minimum absolute atomic E-state index is 0.0242. The van der Waals surface area contributed by atoms with Crippen molar-refractivity contribution in [2.24, 2.45) is 0 Å². The summed E-state index contributed by atoms with van der Waals surface area (Å²) in [7, 11) is 0. The Labute approximate surface area is 117 Å². The molecule has 0 radical (unpaired) electrons. The fourth-order valence-corrected chi connectivity index (χ4v) is 1.99. The minimum atomic E-state index is -0.626. The third kappa shape index (κ3) is 2.79. The van der Waals surface area contributed by atoms with Crippen LogP contribution in [0, 0.1) is 9.39 Å². The lowest BCUT2D eigenvalue weighted by Crippen LogP contribution is -2.14. The maximum atomic E-state index is 13.6. The lowest BCUT2D eigenvalue weighted by atomic mass is 10.1. The molecule has 2 aromatic carbocycles. The van der Waals surface area contributed by atoms with E-state index in [2.05, 4.69) is 27.9 Å². The molecule has 0 aliphatic rings. The van der Waals surface area contributed by atoms with E-state index in [1.54, 1.807) is 12.1 Å². The molecule has 0 atom stereocenters. The molecule has 1 amide bonds. The van der Waals surface area contributed by atoms with Gasteiger partial charge >= 0.3 is 0 Å². The molecule has 0 bridgehead atoms. The van der Waals surface area contributed by atoms with Crippen LogP contribution in [0.5, 0.6) is 0 Å². The van der Waals surface area contributed by atoms with Gasteiger partial charge in [-0.1, -0.05) is 12.1 Å². The average molecular weight is 356 g/mol. The highest BCUT2D eigenvalue weighted by Crippen LogP contribution is 2.19. The second-order valence-corrected chi connectivity index (χ2v) is 4.84. The molecule has 2 aromatic rings. The van der Waals surface area contributed by atoms with Gasteiger partial charge in [-0.15, -0.1) is 0 Å². The Balaban J connectivity index is 2.25. The number of nitrogen functional groups attached to an aromatic ring is 1. The molecule has 5 heteroatoms. The molecule has 0 saturated carbocycles. The molecule has 18 heavy (non-hydrogen) atoms. The Morgan fingerprint density at radius 1 is 1.22 bits per heavy atom. The molecule has 0 aromatic heterocycles. The van der Waals surface area contributed by atoms with Crippen molar-refractivity contribution in [2.45, 2.75) is 0 Å². The topological polar surface area (TPSA) is 55.1 Å². The van der Waals surface area contributed by atoms with Crippen molar-refractivity contribution < 1.29 is 9.18 Å². The smallest absolute Gasteiger partial charge is 0.258 e. The van der Waals surface area contributed by atoms with Gasteiger partial charge in [-0.25, -0.2) is 4.39 Å². The number of carbonyl (C=O) groups excluding carboxylic acids is 1. The Hall–Kier alpha value is -1.63. The second-order valence-electron chi connectivity index (χ2n) is 3.67. The van der Waals surface area contributed by atoms with Crippen LogP contribution in [0.25, 0.3) is 0 Å². The van der Waals surface area contributed by atoms with Gasteiger partial charge in [-0.05, 0) is 52.9 Å². The summed E-state index contributed by atoms with van der Waals surface area (Å²) in [6.45, 7) is 0. The number of carbonyl (C=O) groups is 1. The molecule has 0 saturated heterocycles. The van der Waals surface area contributed by atoms with Gasteiger partial charge in [0, 0.05) is 9.26 Å². The van der Waals surface area contributed by atoms with Gasteiger partial charge in [0.1, 0.15) is 5.82 Å². The SMILES string of the molecule is Nc1ccc(C(=O)Nc2ccccc2I)c(F)c1. The maximum Gasteiger partial charge on any atom is 0.258 e. The highest BCUT2D eigenvalue weighted by Gasteiger charge is 2.12. The molecule has 0 spiro atoms. The maximum absolute atomic E-state index is 13.6. The number of hydrogen-bond acceptors (Lipinski definition) is 2. The zero-order valence-corrected chi connectivity index (χ0v) is 11.4. The monoisotopic (exact) mass is 356 g/mol. The zero-order valence-electron chi connectivity index (χ0n) is 9.28. The predicted molar refractivity (Wildman–Crippen MR) is 77.9 cm³/mol. The molecule has 92 valence electrons. The van der Waals surface area contributed by atoms with Crippen LogP contribution in [0.3, 0.4) is 0 Å². The Bertz CT molecular complexity index is 601. The van der Waals surface area contributed by atoms with Gasteiger partial charge in [-0.2, -0.15) is 0 Å². The molecule has 3 nitrogen and oxygen atoms in total. The molecule has 3 N–H and O–H groups in total. The summed E-state index contributed by atoms with van der Waals surface area (Å²) in [4.78, 5) is 11.9. The fourth-order valence-electron chi connectivity index (χ4n) is 1.47. The number of halogens is 2. The number of amides is 1. The van der Waals surface area contributed by atoms with E-state index in [-0.39, 0.29) is 5.56 Å². The van der Waals surface area contributed by atoms with Crippen LogP contribution in [0.2, 0.25) is 0 Å². The van der Waals surface area contributed by atoms with Crippen LogP contribution in [0.15, 0.2) is 42.5 Å². The van der Waals surface area contributed by atoms with Crippen molar-refractivity contribution in [1.29, 1.82) is 0 Å². The lowest BCUT2D eigenvalue weighted by Gasteiger charge is -2.08. The first kappa shape index (κ1) is 12.8. The quantitative estimate of drug-likeness (QED) is 0.641. The summed E-state index contributed by atoms with van der Waals surface area (Å²) >= 11 is 2.10. The first-order chi connectivity index (χ1) is 8.58. The van der Waals surface area contributed by atoms with Gasteiger partial charge in [0.15, 0.2) is 0 Å². The Morgan fingerprint density at radius 3 is 2.61 bits per heavy atom. The van der Waals surface area contributed by atoms with E-state index in [9.17, 15) is 9.18 Å². The van der Waals surface area contributed by atoms with E-state index >= 15 is 0 Å². The summed E-state index contributed by atoms with van der Waals surface area (Å²) in [6.07, 6.45) is 0. The van der Waals surface area contributed by atoms with E-state index in [1.165, 1.54) is 12.1 Å². The third-order valence-electron chi connectivity index (χ3n) is 2.36. The predicted octanol–water partition coefficient (Wildman–Crippen LogP) is 3.26.